The molecule has 3 rings (SSSR count). The Hall–Kier alpha value is -3.32. The maximum absolute atomic E-state index is 13.3. The molecule has 0 aromatic heterocycles. The summed E-state index contributed by atoms with van der Waals surface area (Å²) >= 11 is 0. The summed E-state index contributed by atoms with van der Waals surface area (Å²) in [4.78, 5) is 29.3. The number of para-hydroxylation sites is 1. The fourth-order valence-electron chi connectivity index (χ4n) is 3.75. The molecule has 0 atom stereocenters. The minimum Gasteiger partial charge on any atom is -0.496 e. The zero-order chi connectivity index (χ0) is 22.5. The first kappa shape index (κ1) is 22.4. The summed E-state index contributed by atoms with van der Waals surface area (Å²) in [5, 5.41) is 9.37. The van der Waals surface area contributed by atoms with Crippen LogP contribution in [0.5, 0.6) is 11.5 Å². The highest BCUT2D eigenvalue weighted by Crippen LogP contribution is 2.35. The van der Waals surface area contributed by atoms with Crippen LogP contribution in [0.15, 0.2) is 48.2 Å². The largest absolute Gasteiger partial charge is 0.496 e. The van der Waals surface area contributed by atoms with Crippen LogP contribution in [-0.2, 0) is 9.59 Å². The summed E-state index contributed by atoms with van der Waals surface area (Å²) in [5.74, 6) is 0.387. The third-order valence-corrected chi connectivity index (χ3v) is 5.12. The fraction of sp³-hybridized carbons (Fsp3) is 0.333. The van der Waals surface area contributed by atoms with Gasteiger partial charge in [0, 0.05) is 19.2 Å². The topological polar surface area (TPSA) is 79.3 Å². The molecule has 0 bridgehead atoms. The highest BCUT2D eigenvalue weighted by Gasteiger charge is 2.41. The molecule has 7 nitrogen and oxygen atoms in total. The van der Waals surface area contributed by atoms with Crippen molar-refractivity contribution in [1.29, 1.82) is 0 Å². The van der Waals surface area contributed by atoms with Gasteiger partial charge < -0.3 is 19.5 Å². The minimum absolute atomic E-state index is 0.111. The molecule has 7 heteroatoms. The molecule has 0 radical (unpaired) electrons. The average Bonchev–Trinajstić information content (AvgIpc) is 2.97. The normalized spacial score (nSPS) is 13.8. The Bertz CT molecular complexity index is 995. The summed E-state index contributed by atoms with van der Waals surface area (Å²) in [6.45, 7) is 4.34. The van der Waals surface area contributed by atoms with Crippen LogP contribution in [0.1, 0.15) is 16.7 Å². The molecule has 0 unspecified atom stereocenters. The lowest BCUT2D eigenvalue weighted by Crippen LogP contribution is -2.37. The number of nitrogens with zero attached hydrogens (tertiary/aromatic N) is 2. The zero-order valence-electron chi connectivity index (χ0n) is 18.3. The van der Waals surface area contributed by atoms with Crippen LogP contribution >= 0.6 is 0 Å². The Labute approximate surface area is 182 Å². The number of amides is 2. The molecule has 1 N–H and O–H groups in total. The predicted molar refractivity (Wildman–Crippen MR) is 118 cm³/mol. The number of hydrogen-bond donors (Lipinski definition) is 1. The van der Waals surface area contributed by atoms with Crippen LogP contribution in [0.25, 0.3) is 5.57 Å². The number of aliphatic hydroxyl groups excluding tert-OH is 1. The molecule has 0 saturated heterocycles. The van der Waals surface area contributed by atoms with E-state index < -0.39 is 11.8 Å². The number of aliphatic hydroxyl groups is 1. The molecule has 31 heavy (non-hydrogen) atoms. The molecular formula is C24H28N2O5. The Morgan fingerprint density at radius 1 is 1.03 bits per heavy atom. The van der Waals surface area contributed by atoms with Gasteiger partial charge in [0.05, 0.1) is 25.8 Å². The molecule has 1 aliphatic heterocycles. The van der Waals surface area contributed by atoms with Gasteiger partial charge in [-0.05, 0) is 43.2 Å². The Kier molecular flexibility index (Phi) is 6.97. The number of benzene rings is 2. The molecule has 1 aliphatic rings. The monoisotopic (exact) mass is 424 g/mol. The summed E-state index contributed by atoms with van der Waals surface area (Å²) in [6.07, 6.45) is 0. The van der Waals surface area contributed by atoms with Gasteiger partial charge in [0.1, 0.15) is 23.8 Å². The Balaban J connectivity index is 1.86. The van der Waals surface area contributed by atoms with E-state index in [1.54, 1.807) is 36.2 Å². The van der Waals surface area contributed by atoms with E-state index in [0.717, 1.165) is 11.1 Å². The van der Waals surface area contributed by atoms with Crippen molar-refractivity contribution in [2.45, 2.75) is 13.8 Å². The molecule has 1 heterocycles. The van der Waals surface area contributed by atoms with Crippen LogP contribution in [0, 0.1) is 13.8 Å². The van der Waals surface area contributed by atoms with Gasteiger partial charge >= 0.3 is 0 Å². The van der Waals surface area contributed by atoms with Gasteiger partial charge in [0.2, 0.25) is 0 Å². The van der Waals surface area contributed by atoms with E-state index in [9.17, 15) is 14.7 Å². The zero-order valence-corrected chi connectivity index (χ0v) is 18.3. The van der Waals surface area contributed by atoms with Crippen LogP contribution in [0.2, 0.25) is 0 Å². The fourth-order valence-corrected chi connectivity index (χ4v) is 3.75. The lowest BCUT2D eigenvalue weighted by atomic mass is 10.0. The van der Waals surface area contributed by atoms with Crippen LogP contribution < -0.4 is 9.47 Å². The van der Waals surface area contributed by atoms with Crippen LogP contribution in [-0.4, -0.2) is 67.2 Å². The minimum atomic E-state index is -0.411. The second-order valence-corrected chi connectivity index (χ2v) is 7.50. The molecule has 2 aromatic carbocycles. The van der Waals surface area contributed by atoms with E-state index in [4.69, 9.17) is 9.47 Å². The molecule has 0 spiro atoms. The van der Waals surface area contributed by atoms with Gasteiger partial charge in [-0.25, -0.2) is 0 Å². The Morgan fingerprint density at radius 3 is 2.35 bits per heavy atom. The maximum Gasteiger partial charge on any atom is 0.277 e. The van der Waals surface area contributed by atoms with E-state index in [1.165, 1.54) is 12.0 Å². The van der Waals surface area contributed by atoms with Crippen LogP contribution in [0.3, 0.4) is 0 Å². The standard InChI is InChI=1S/C24H28N2O5/c1-16-13-17(2)15-18(14-16)31-12-10-26-23(28)21(19-7-5-6-8-20(19)30-4)22(24(26)29)25(3)9-11-27/h5-8,13-15,27H,9-12H2,1-4H3. The Morgan fingerprint density at radius 2 is 1.71 bits per heavy atom. The van der Waals surface area contributed by atoms with E-state index in [2.05, 4.69) is 0 Å². The first-order valence-corrected chi connectivity index (χ1v) is 10.1. The van der Waals surface area contributed by atoms with E-state index in [0.29, 0.717) is 17.1 Å². The van der Waals surface area contributed by atoms with E-state index in [-0.39, 0.29) is 37.6 Å². The molecular weight excluding hydrogens is 396 g/mol. The maximum atomic E-state index is 13.3. The molecule has 164 valence electrons. The van der Waals surface area contributed by atoms with Crippen molar-refractivity contribution in [2.75, 3.05) is 40.5 Å². The van der Waals surface area contributed by atoms with Crippen molar-refractivity contribution in [3.8, 4) is 11.5 Å². The summed E-state index contributed by atoms with van der Waals surface area (Å²) in [5.41, 5.74) is 3.22. The smallest absolute Gasteiger partial charge is 0.277 e. The van der Waals surface area contributed by atoms with E-state index >= 15 is 0 Å². The second kappa shape index (κ2) is 9.66. The highest BCUT2D eigenvalue weighted by atomic mass is 16.5. The number of rotatable bonds is 9. The number of hydrogen-bond acceptors (Lipinski definition) is 6. The molecule has 2 aromatic rings. The summed E-state index contributed by atoms with van der Waals surface area (Å²) in [7, 11) is 3.20. The lowest BCUT2D eigenvalue weighted by Gasteiger charge is -2.20. The first-order chi connectivity index (χ1) is 14.9. The first-order valence-electron chi connectivity index (χ1n) is 10.1. The molecule has 0 saturated carbocycles. The van der Waals surface area contributed by atoms with Gasteiger partial charge in [-0.3, -0.25) is 14.5 Å². The third kappa shape index (κ3) is 4.72. The van der Waals surface area contributed by atoms with Crippen molar-refractivity contribution < 1.29 is 24.2 Å². The second-order valence-electron chi connectivity index (χ2n) is 7.50. The van der Waals surface area contributed by atoms with Crippen LogP contribution in [0.4, 0.5) is 0 Å². The number of methoxy groups -OCH3 is 1. The molecule has 2 amide bonds. The highest BCUT2D eigenvalue weighted by molar-refractivity contribution is 6.36. The summed E-state index contributed by atoms with van der Waals surface area (Å²) < 4.78 is 11.2. The average molecular weight is 424 g/mol. The molecule has 0 aliphatic carbocycles. The molecule has 0 fully saturated rings. The van der Waals surface area contributed by atoms with Crippen molar-refractivity contribution in [3.63, 3.8) is 0 Å². The predicted octanol–water partition coefficient (Wildman–Crippen LogP) is 2.40. The van der Waals surface area contributed by atoms with Gasteiger partial charge in [-0.1, -0.05) is 24.3 Å². The number of ether oxygens (including phenoxy) is 2. The van der Waals surface area contributed by atoms with Crippen molar-refractivity contribution >= 4 is 17.4 Å². The number of likely N-dealkylation sites (N-methyl/N-ethyl adjacent to an activating group) is 1. The van der Waals surface area contributed by atoms with Crippen molar-refractivity contribution in [1.82, 2.24) is 9.80 Å². The van der Waals surface area contributed by atoms with Gasteiger partial charge in [-0.15, -0.1) is 0 Å². The van der Waals surface area contributed by atoms with Crippen molar-refractivity contribution in [2.24, 2.45) is 0 Å². The third-order valence-electron chi connectivity index (χ3n) is 5.12. The summed E-state index contributed by atoms with van der Waals surface area (Å²) in [6, 6.07) is 13.0. The number of carbonyl (C=O) groups is 2. The number of aryl methyl sites for hydroxylation is 2. The van der Waals surface area contributed by atoms with Crippen molar-refractivity contribution in [3.05, 3.63) is 64.9 Å². The lowest BCUT2D eigenvalue weighted by molar-refractivity contribution is -0.137. The van der Waals surface area contributed by atoms with Gasteiger partial charge in [0.15, 0.2) is 0 Å². The SMILES string of the molecule is COc1ccccc1C1=C(N(C)CCO)C(=O)N(CCOc2cc(C)cc(C)c2)C1=O. The van der Waals surface area contributed by atoms with E-state index in [1.807, 2.05) is 32.0 Å². The number of carbonyl (C=O) groups excluding carboxylic acids is 2. The van der Waals surface area contributed by atoms with Gasteiger partial charge in [-0.2, -0.15) is 0 Å². The van der Waals surface area contributed by atoms with Gasteiger partial charge in [0.25, 0.3) is 11.8 Å². The quantitative estimate of drug-likeness (QED) is 0.623. The number of imide groups is 1.